The van der Waals surface area contributed by atoms with Gasteiger partial charge in [0.2, 0.25) is 11.8 Å². The molecule has 28 heavy (non-hydrogen) atoms. The third-order valence-electron chi connectivity index (χ3n) is 3.90. The lowest BCUT2D eigenvalue weighted by molar-refractivity contribution is -0.118. The summed E-state index contributed by atoms with van der Waals surface area (Å²) in [5.74, 6) is -0.958. The smallest absolute Gasteiger partial charge is 0.284 e. The first-order chi connectivity index (χ1) is 13.5. The summed E-state index contributed by atoms with van der Waals surface area (Å²) in [6.45, 7) is 1.50. The van der Waals surface area contributed by atoms with Gasteiger partial charge in [-0.05, 0) is 42.5 Å². The molecule has 0 saturated heterocycles. The molecular formula is C18H19N5O4S. The third kappa shape index (κ3) is 4.74. The van der Waals surface area contributed by atoms with Crippen LogP contribution in [-0.2, 0) is 9.59 Å². The van der Waals surface area contributed by atoms with Gasteiger partial charge in [0.25, 0.3) is 5.91 Å². The molecule has 0 fully saturated rings. The Balaban J connectivity index is 1.59. The van der Waals surface area contributed by atoms with Crippen molar-refractivity contribution in [2.45, 2.75) is 13.0 Å². The molecule has 1 aromatic carbocycles. The molecule has 1 aromatic heterocycles. The number of anilines is 2. The number of nitrogens with one attached hydrogen (secondary N) is 4. The van der Waals surface area contributed by atoms with E-state index in [1.54, 1.807) is 53.1 Å². The lowest BCUT2D eigenvalue weighted by Crippen LogP contribution is -2.39. The minimum atomic E-state index is -0.571. The van der Waals surface area contributed by atoms with Crippen molar-refractivity contribution in [1.82, 2.24) is 15.9 Å². The number of thiophene rings is 1. The number of hydroxylamine groups is 1. The highest BCUT2D eigenvalue weighted by Crippen LogP contribution is 2.30. The fraction of sp³-hybridized carbons (Fsp3) is 0.167. The second-order valence-electron chi connectivity index (χ2n) is 6.01. The Morgan fingerprint density at radius 1 is 1.11 bits per heavy atom. The monoisotopic (exact) mass is 401 g/mol. The second-order valence-corrected chi connectivity index (χ2v) is 7.13. The first-order valence-corrected chi connectivity index (χ1v) is 9.19. The lowest BCUT2D eigenvalue weighted by Gasteiger charge is -2.23. The quantitative estimate of drug-likeness (QED) is 0.372. The van der Waals surface area contributed by atoms with Gasteiger partial charge in [-0.3, -0.25) is 19.6 Å². The van der Waals surface area contributed by atoms with Crippen LogP contribution in [0.25, 0.3) is 0 Å². The molecule has 5 N–H and O–H groups in total. The van der Waals surface area contributed by atoms with E-state index in [1.165, 1.54) is 18.3 Å². The molecule has 2 heterocycles. The molecule has 0 saturated carbocycles. The highest BCUT2D eigenvalue weighted by molar-refractivity contribution is 7.14. The van der Waals surface area contributed by atoms with Gasteiger partial charge < -0.3 is 16.1 Å². The zero-order valence-corrected chi connectivity index (χ0v) is 15.7. The number of hydrogen-bond donors (Lipinski definition) is 5. The Labute approximate surface area is 165 Å². The Bertz CT molecular complexity index is 909. The summed E-state index contributed by atoms with van der Waals surface area (Å²) in [6, 6.07) is 10.0. The van der Waals surface area contributed by atoms with Crippen LogP contribution in [0.1, 0.15) is 27.5 Å². The highest BCUT2D eigenvalue weighted by atomic mass is 32.1. The molecule has 9 nitrogen and oxygen atoms in total. The van der Waals surface area contributed by atoms with E-state index >= 15 is 0 Å². The van der Waals surface area contributed by atoms with E-state index in [4.69, 9.17) is 5.21 Å². The van der Waals surface area contributed by atoms with Crippen LogP contribution >= 0.6 is 11.3 Å². The van der Waals surface area contributed by atoms with Crippen molar-refractivity contribution in [3.05, 3.63) is 58.4 Å². The van der Waals surface area contributed by atoms with E-state index in [0.29, 0.717) is 16.3 Å². The topological polar surface area (TPSA) is 123 Å². The van der Waals surface area contributed by atoms with E-state index in [0.717, 1.165) is 4.88 Å². The normalized spacial score (nSPS) is 15.7. The van der Waals surface area contributed by atoms with Crippen molar-refractivity contribution in [1.29, 1.82) is 0 Å². The molecular weight excluding hydrogens is 382 g/mol. The molecule has 3 amide bonds. The standard InChI is InChI=1S/C18H19N5O4S/c1-11(24)20-12-2-4-13(5-3-12)21-17(25)10-23-14(8-9-19-23)15-6-7-16(28-15)18(26)22-27/h2-9,14,19,27H,10H2,1H3,(H,20,24)(H,21,25)(H,22,26). The van der Waals surface area contributed by atoms with Gasteiger partial charge in [0.1, 0.15) is 0 Å². The number of amides is 3. The largest absolute Gasteiger partial charge is 0.326 e. The molecule has 146 valence electrons. The summed E-state index contributed by atoms with van der Waals surface area (Å²) in [4.78, 5) is 36.2. The molecule has 1 unspecified atom stereocenters. The predicted octanol–water partition coefficient (Wildman–Crippen LogP) is 1.84. The maximum absolute atomic E-state index is 12.4. The summed E-state index contributed by atoms with van der Waals surface area (Å²) in [6.07, 6.45) is 3.60. The van der Waals surface area contributed by atoms with Crippen molar-refractivity contribution < 1.29 is 19.6 Å². The highest BCUT2D eigenvalue weighted by Gasteiger charge is 2.25. The number of carbonyl (C=O) groups excluding carboxylic acids is 3. The van der Waals surface area contributed by atoms with E-state index in [-0.39, 0.29) is 24.4 Å². The predicted molar refractivity (Wildman–Crippen MR) is 105 cm³/mol. The van der Waals surface area contributed by atoms with E-state index in [1.807, 2.05) is 6.08 Å². The summed E-state index contributed by atoms with van der Waals surface area (Å²) >= 11 is 1.23. The molecule has 0 radical (unpaired) electrons. The molecule has 0 spiro atoms. The van der Waals surface area contributed by atoms with Crippen LogP contribution in [0.3, 0.4) is 0 Å². The molecule has 0 bridgehead atoms. The van der Waals surface area contributed by atoms with Crippen molar-refractivity contribution in [2.24, 2.45) is 0 Å². The summed E-state index contributed by atoms with van der Waals surface area (Å²) in [7, 11) is 0. The van der Waals surface area contributed by atoms with Crippen LogP contribution in [0.2, 0.25) is 0 Å². The Morgan fingerprint density at radius 2 is 1.79 bits per heavy atom. The van der Waals surface area contributed by atoms with Crippen LogP contribution in [0.5, 0.6) is 0 Å². The molecule has 1 aliphatic rings. The van der Waals surface area contributed by atoms with Gasteiger partial charge in [0, 0.05) is 29.4 Å². The Hall–Kier alpha value is -3.21. The Kier molecular flexibility index (Phi) is 6.04. The first-order valence-electron chi connectivity index (χ1n) is 8.37. The number of nitrogens with zero attached hydrogens (tertiary/aromatic N) is 1. The van der Waals surface area contributed by atoms with Crippen molar-refractivity contribution in [3.63, 3.8) is 0 Å². The third-order valence-corrected chi connectivity index (χ3v) is 5.06. The summed E-state index contributed by atoms with van der Waals surface area (Å²) < 4.78 is 0. The molecule has 1 atom stereocenters. The van der Waals surface area contributed by atoms with Crippen molar-refractivity contribution >= 4 is 40.4 Å². The van der Waals surface area contributed by atoms with Crippen LogP contribution < -0.4 is 21.5 Å². The van der Waals surface area contributed by atoms with E-state index < -0.39 is 5.91 Å². The first kappa shape index (κ1) is 19.5. The van der Waals surface area contributed by atoms with Gasteiger partial charge in [-0.25, -0.2) is 10.5 Å². The average molecular weight is 401 g/mol. The fourth-order valence-electron chi connectivity index (χ4n) is 2.69. The van der Waals surface area contributed by atoms with Crippen molar-refractivity contribution in [2.75, 3.05) is 17.2 Å². The van der Waals surface area contributed by atoms with Crippen LogP contribution in [0.4, 0.5) is 11.4 Å². The Morgan fingerprint density at radius 3 is 2.43 bits per heavy atom. The summed E-state index contributed by atoms with van der Waals surface area (Å²) in [5.41, 5.74) is 5.87. The maximum Gasteiger partial charge on any atom is 0.284 e. The number of rotatable bonds is 6. The zero-order chi connectivity index (χ0) is 20.1. The minimum Gasteiger partial charge on any atom is -0.326 e. The van der Waals surface area contributed by atoms with Gasteiger partial charge >= 0.3 is 0 Å². The maximum atomic E-state index is 12.4. The van der Waals surface area contributed by atoms with Gasteiger partial charge in [-0.2, -0.15) is 0 Å². The van der Waals surface area contributed by atoms with Crippen LogP contribution in [0, 0.1) is 0 Å². The van der Waals surface area contributed by atoms with Gasteiger partial charge in [-0.1, -0.05) is 0 Å². The van der Waals surface area contributed by atoms with Crippen molar-refractivity contribution in [3.8, 4) is 0 Å². The lowest BCUT2D eigenvalue weighted by atomic mass is 10.2. The van der Waals surface area contributed by atoms with Crippen LogP contribution in [-0.4, -0.2) is 34.5 Å². The van der Waals surface area contributed by atoms with E-state index in [9.17, 15) is 14.4 Å². The number of carbonyl (C=O) groups is 3. The minimum absolute atomic E-state index is 0.0740. The number of benzene rings is 1. The molecule has 2 aromatic rings. The number of hydrogen-bond acceptors (Lipinski definition) is 7. The SMILES string of the molecule is CC(=O)Nc1ccc(NC(=O)CN2NC=CC2c2ccc(C(=O)NO)s2)cc1. The molecule has 1 aliphatic heterocycles. The number of hydrazine groups is 1. The fourth-order valence-corrected chi connectivity index (χ4v) is 3.68. The van der Waals surface area contributed by atoms with Gasteiger partial charge in [0.05, 0.1) is 17.5 Å². The average Bonchev–Trinajstić information content (AvgIpc) is 3.31. The zero-order valence-electron chi connectivity index (χ0n) is 14.9. The molecule has 3 rings (SSSR count). The summed E-state index contributed by atoms with van der Waals surface area (Å²) in [5, 5.41) is 15.9. The van der Waals surface area contributed by atoms with Crippen LogP contribution in [0.15, 0.2) is 48.7 Å². The second kappa shape index (κ2) is 8.65. The van der Waals surface area contributed by atoms with Gasteiger partial charge in [-0.15, -0.1) is 11.3 Å². The molecule has 0 aliphatic carbocycles. The van der Waals surface area contributed by atoms with Gasteiger partial charge in [0.15, 0.2) is 0 Å². The van der Waals surface area contributed by atoms with E-state index in [2.05, 4.69) is 16.1 Å². The molecule has 10 heteroatoms.